The van der Waals surface area contributed by atoms with Crippen LogP contribution in [0.25, 0.3) is 0 Å². The Morgan fingerprint density at radius 1 is 1.48 bits per heavy atom. The van der Waals surface area contributed by atoms with Crippen LogP contribution in [-0.4, -0.2) is 34.5 Å². The molecule has 2 rings (SSSR count). The smallest absolute Gasteiger partial charge is 0.326 e. The van der Waals surface area contributed by atoms with E-state index in [1.807, 2.05) is 6.07 Å². The van der Waals surface area contributed by atoms with Crippen LogP contribution < -0.4 is 0 Å². The first-order chi connectivity index (χ1) is 9.99. The fraction of sp³-hybridized carbons (Fsp3) is 0.500. The van der Waals surface area contributed by atoms with Crippen LogP contribution in [0.3, 0.4) is 0 Å². The summed E-state index contributed by atoms with van der Waals surface area (Å²) in [6, 6.07) is 5.65. The number of halogens is 1. The number of carboxylic acids is 1. The van der Waals surface area contributed by atoms with Crippen LogP contribution >= 0.6 is 0 Å². The van der Waals surface area contributed by atoms with E-state index in [1.54, 1.807) is 13.0 Å². The maximum Gasteiger partial charge on any atom is 0.326 e. The van der Waals surface area contributed by atoms with Gasteiger partial charge in [-0.1, -0.05) is 19.1 Å². The first-order valence-electron chi connectivity index (χ1n) is 7.26. The molecule has 114 valence electrons. The van der Waals surface area contributed by atoms with Gasteiger partial charge in [0, 0.05) is 12.5 Å². The van der Waals surface area contributed by atoms with Crippen molar-refractivity contribution in [1.29, 1.82) is 0 Å². The van der Waals surface area contributed by atoms with Crippen molar-refractivity contribution >= 4 is 11.9 Å². The largest absolute Gasteiger partial charge is 0.480 e. The molecular weight excluding hydrogens is 273 g/mol. The van der Waals surface area contributed by atoms with Gasteiger partial charge in [-0.2, -0.15) is 0 Å². The van der Waals surface area contributed by atoms with Crippen molar-refractivity contribution in [1.82, 2.24) is 4.90 Å². The maximum absolute atomic E-state index is 13.1. The second-order valence-corrected chi connectivity index (χ2v) is 5.60. The highest BCUT2D eigenvalue weighted by Crippen LogP contribution is 2.22. The lowest BCUT2D eigenvalue weighted by Crippen LogP contribution is -2.43. The van der Waals surface area contributed by atoms with Crippen molar-refractivity contribution in [3.8, 4) is 0 Å². The zero-order valence-electron chi connectivity index (χ0n) is 12.1. The monoisotopic (exact) mass is 293 g/mol. The van der Waals surface area contributed by atoms with Gasteiger partial charge in [-0.05, 0) is 43.4 Å². The van der Waals surface area contributed by atoms with Crippen LogP contribution in [0.1, 0.15) is 31.7 Å². The summed E-state index contributed by atoms with van der Waals surface area (Å²) < 4.78 is 13.1. The lowest BCUT2D eigenvalue weighted by atomic mass is 9.99. The third-order valence-corrected chi connectivity index (χ3v) is 4.00. The van der Waals surface area contributed by atoms with Gasteiger partial charge >= 0.3 is 5.97 Å². The average molecular weight is 293 g/mol. The molecule has 1 N–H and O–H groups in total. The van der Waals surface area contributed by atoms with Crippen LogP contribution in [-0.2, 0) is 16.0 Å². The van der Waals surface area contributed by atoms with E-state index < -0.39 is 12.0 Å². The maximum atomic E-state index is 13.1. The summed E-state index contributed by atoms with van der Waals surface area (Å²) in [5.74, 6) is -1.58. The highest BCUT2D eigenvalue weighted by Gasteiger charge is 2.35. The fourth-order valence-electron chi connectivity index (χ4n) is 2.77. The molecule has 4 nitrogen and oxygen atoms in total. The molecule has 1 amide bonds. The molecule has 1 aliphatic heterocycles. The Bertz CT molecular complexity index is 532. The molecule has 1 aliphatic rings. The summed E-state index contributed by atoms with van der Waals surface area (Å²) in [4.78, 5) is 24.9. The minimum atomic E-state index is -0.932. The Morgan fingerprint density at radius 2 is 2.24 bits per heavy atom. The number of likely N-dealkylation sites (tertiary alicyclic amines) is 1. The van der Waals surface area contributed by atoms with Crippen molar-refractivity contribution < 1.29 is 19.1 Å². The van der Waals surface area contributed by atoms with Gasteiger partial charge in [0.1, 0.15) is 11.9 Å². The molecule has 1 aromatic carbocycles. The number of amides is 1. The highest BCUT2D eigenvalue weighted by molar-refractivity contribution is 5.85. The molecule has 0 bridgehead atoms. The van der Waals surface area contributed by atoms with Crippen LogP contribution in [0.2, 0.25) is 0 Å². The molecule has 2 unspecified atom stereocenters. The molecule has 0 aliphatic carbocycles. The first kappa shape index (κ1) is 15.5. The second-order valence-electron chi connectivity index (χ2n) is 5.60. The van der Waals surface area contributed by atoms with Gasteiger partial charge in [-0.15, -0.1) is 0 Å². The predicted molar refractivity (Wildman–Crippen MR) is 76.3 cm³/mol. The van der Waals surface area contributed by atoms with E-state index >= 15 is 0 Å². The SMILES string of the molecule is CC(CCc1cccc(F)c1)C(=O)N1CCCC1C(=O)O. The molecular formula is C16H20FNO3. The lowest BCUT2D eigenvalue weighted by Gasteiger charge is -2.24. The van der Waals surface area contributed by atoms with Gasteiger partial charge in [-0.25, -0.2) is 9.18 Å². The predicted octanol–water partition coefficient (Wildman–Crippen LogP) is 2.47. The normalized spacial score (nSPS) is 19.5. The minimum Gasteiger partial charge on any atom is -0.480 e. The number of aryl methyl sites for hydroxylation is 1. The van der Waals surface area contributed by atoms with Crippen LogP contribution in [0.5, 0.6) is 0 Å². The third-order valence-electron chi connectivity index (χ3n) is 4.00. The van der Waals surface area contributed by atoms with E-state index in [0.717, 1.165) is 12.0 Å². The summed E-state index contributed by atoms with van der Waals surface area (Å²) >= 11 is 0. The number of aliphatic carboxylic acids is 1. The molecule has 1 fully saturated rings. The van der Waals surface area contributed by atoms with Crippen LogP contribution in [0.4, 0.5) is 4.39 Å². The van der Waals surface area contributed by atoms with Gasteiger partial charge in [0.05, 0.1) is 0 Å². The standard InChI is InChI=1S/C16H20FNO3/c1-11(7-8-12-4-2-5-13(17)10-12)15(19)18-9-3-6-14(18)16(20)21/h2,4-5,10-11,14H,3,6-9H2,1H3,(H,20,21). The van der Waals surface area contributed by atoms with E-state index in [0.29, 0.717) is 25.8 Å². The van der Waals surface area contributed by atoms with Gasteiger partial charge in [-0.3, -0.25) is 4.79 Å². The van der Waals surface area contributed by atoms with Crippen LogP contribution in [0, 0.1) is 11.7 Å². The van der Waals surface area contributed by atoms with Gasteiger partial charge in [0.15, 0.2) is 0 Å². The van der Waals surface area contributed by atoms with Gasteiger partial charge in [0.25, 0.3) is 0 Å². The Balaban J connectivity index is 1.92. The molecule has 0 aromatic heterocycles. The van der Waals surface area contributed by atoms with Crippen molar-refractivity contribution in [2.45, 2.75) is 38.6 Å². The number of hydrogen-bond acceptors (Lipinski definition) is 2. The van der Waals surface area contributed by atoms with Crippen molar-refractivity contribution in [2.24, 2.45) is 5.92 Å². The molecule has 1 aromatic rings. The van der Waals surface area contributed by atoms with Crippen molar-refractivity contribution in [2.75, 3.05) is 6.54 Å². The zero-order chi connectivity index (χ0) is 15.4. The molecule has 1 saturated heterocycles. The highest BCUT2D eigenvalue weighted by atomic mass is 19.1. The number of benzene rings is 1. The Kier molecular flexibility index (Phi) is 4.94. The van der Waals surface area contributed by atoms with E-state index in [9.17, 15) is 14.0 Å². The van der Waals surface area contributed by atoms with Crippen molar-refractivity contribution in [3.63, 3.8) is 0 Å². The Labute approximate surface area is 123 Å². The Morgan fingerprint density at radius 3 is 2.90 bits per heavy atom. The summed E-state index contributed by atoms with van der Waals surface area (Å²) in [6.45, 7) is 2.32. The average Bonchev–Trinajstić information content (AvgIpc) is 2.93. The minimum absolute atomic E-state index is 0.115. The van der Waals surface area contributed by atoms with E-state index in [1.165, 1.54) is 17.0 Å². The van der Waals surface area contributed by atoms with Gasteiger partial charge < -0.3 is 10.0 Å². The molecule has 5 heteroatoms. The third kappa shape index (κ3) is 3.80. The Hall–Kier alpha value is -1.91. The molecule has 1 heterocycles. The van der Waals surface area contributed by atoms with Gasteiger partial charge in [0.2, 0.25) is 5.91 Å². The van der Waals surface area contributed by atoms with Crippen molar-refractivity contribution in [3.05, 3.63) is 35.6 Å². The summed E-state index contributed by atoms with van der Waals surface area (Å²) in [5.41, 5.74) is 0.853. The number of nitrogens with zero attached hydrogens (tertiary/aromatic N) is 1. The zero-order valence-corrected chi connectivity index (χ0v) is 12.1. The molecule has 2 atom stereocenters. The van der Waals surface area contributed by atoms with E-state index in [4.69, 9.17) is 5.11 Å². The number of carboxylic acid groups (broad SMARTS) is 1. The lowest BCUT2D eigenvalue weighted by molar-refractivity contribution is -0.149. The van der Waals surface area contributed by atoms with E-state index in [2.05, 4.69) is 0 Å². The molecule has 0 saturated carbocycles. The molecule has 21 heavy (non-hydrogen) atoms. The quantitative estimate of drug-likeness (QED) is 0.907. The number of carbonyl (C=O) groups excluding carboxylic acids is 1. The first-order valence-corrected chi connectivity index (χ1v) is 7.26. The summed E-state index contributed by atoms with van der Waals surface area (Å²) in [7, 11) is 0. The number of carbonyl (C=O) groups is 2. The van der Waals surface area contributed by atoms with E-state index in [-0.39, 0.29) is 17.6 Å². The fourth-order valence-corrected chi connectivity index (χ4v) is 2.77. The summed E-state index contributed by atoms with van der Waals surface area (Å²) in [5, 5.41) is 9.12. The number of hydrogen-bond donors (Lipinski definition) is 1. The van der Waals surface area contributed by atoms with Crippen LogP contribution in [0.15, 0.2) is 24.3 Å². The topological polar surface area (TPSA) is 57.6 Å². The molecule has 0 spiro atoms. The summed E-state index contributed by atoms with van der Waals surface area (Å²) in [6.07, 6.45) is 2.46. The number of rotatable bonds is 5. The molecule has 0 radical (unpaired) electrons. The second kappa shape index (κ2) is 6.70.